The molecule has 2 aromatic heterocycles. The van der Waals surface area contributed by atoms with Gasteiger partial charge in [0.1, 0.15) is 11.8 Å². The third kappa shape index (κ3) is 4.12. The summed E-state index contributed by atoms with van der Waals surface area (Å²) in [6.07, 6.45) is 3.50. The molecule has 1 aliphatic rings. The van der Waals surface area contributed by atoms with E-state index in [9.17, 15) is 14.4 Å². The molecular weight excluding hydrogens is 465 g/mol. The highest BCUT2D eigenvalue weighted by atomic mass is 19.1. The Morgan fingerprint density at radius 1 is 1.14 bits per heavy atom. The van der Waals surface area contributed by atoms with Crippen LogP contribution in [-0.2, 0) is 28.0 Å². The van der Waals surface area contributed by atoms with Crippen molar-refractivity contribution in [3.05, 3.63) is 48.0 Å². The fourth-order valence-electron chi connectivity index (χ4n) is 5.18. The Kier molecular flexibility index (Phi) is 6.26. The van der Waals surface area contributed by atoms with Gasteiger partial charge in [-0.3, -0.25) is 19.0 Å². The van der Waals surface area contributed by atoms with Crippen molar-refractivity contribution in [2.45, 2.75) is 38.1 Å². The lowest BCUT2D eigenvalue weighted by atomic mass is 9.88. The van der Waals surface area contributed by atoms with Crippen molar-refractivity contribution in [2.75, 3.05) is 13.1 Å². The van der Waals surface area contributed by atoms with Crippen LogP contribution in [0, 0.1) is 5.82 Å². The summed E-state index contributed by atoms with van der Waals surface area (Å²) in [5, 5.41) is 19.3. The van der Waals surface area contributed by atoms with Gasteiger partial charge >= 0.3 is 5.97 Å². The van der Waals surface area contributed by atoms with Crippen LogP contribution in [0.1, 0.15) is 37.3 Å². The fourth-order valence-corrected chi connectivity index (χ4v) is 5.18. The first-order valence-electron chi connectivity index (χ1n) is 11.9. The predicted octanol–water partition coefficient (Wildman–Crippen LogP) is 3.50. The predicted molar refractivity (Wildman–Crippen MR) is 131 cm³/mol. The fraction of sp³-hybridized carbons (Fsp3) is 0.346. The quantitative estimate of drug-likeness (QED) is 0.396. The molecule has 1 amide bonds. The Hall–Kier alpha value is -4.08. The first-order valence-corrected chi connectivity index (χ1v) is 11.9. The van der Waals surface area contributed by atoms with E-state index < -0.39 is 5.97 Å². The Morgan fingerprint density at radius 2 is 1.92 bits per heavy atom. The molecule has 0 saturated carbocycles. The van der Waals surface area contributed by atoms with Crippen molar-refractivity contribution >= 4 is 40.0 Å². The van der Waals surface area contributed by atoms with Crippen LogP contribution in [0.15, 0.2) is 36.5 Å². The zero-order valence-electron chi connectivity index (χ0n) is 19.9. The van der Waals surface area contributed by atoms with Crippen molar-refractivity contribution in [2.24, 2.45) is 7.05 Å². The number of benzene rings is 2. The largest absolute Gasteiger partial charge is 0.481 e. The minimum absolute atomic E-state index is 0.00794. The second kappa shape index (κ2) is 9.52. The van der Waals surface area contributed by atoms with E-state index in [0.29, 0.717) is 48.0 Å². The number of carbonyl (C=O) groups is 3. The third-order valence-electron chi connectivity index (χ3n) is 6.97. The maximum absolute atomic E-state index is 15.7. The Morgan fingerprint density at radius 3 is 2.64 bits per heavy atom. The van der Waals surface area contributed by atoms with E-state index in [-0.39, 0.29) is 37.0 Å². The van der Waals surface area contributed by atoms with Gasteiger partial charge in [0, 0.05) is 48.8 Å². The number of likely N-dealkylation sites (tertiary alicyclic amines) is 1. The van der Waals surface area contributed by atoms with Gasteiger partial charge in [-0.2, -0.15) is 10.2 Å². The highest BCUT2D eigenvalue weighted by Crippen LogP contribution is 2.40. The summed E-state index contributed by atoms with van der Waals surface area (Å²) in [6, 6.07) is 9.17. The molecule has 2 aromatic carbocycles. The number of halogens is 1. The number of aryl methyl sites for hydroxylation is 1. The Labute approximate surface area is 206 Å². The molecule has 10 heteroatoms. The summed E-state index contributed by atoms with van der Waals surface area (Å²) in [5.74, 6) is -1.52. The Bertz CT molecular complexity index is 1480. The molecule has 9 nitrogen and oxygen atoms in total. The van der Waals surface area contributed by atoms with Gasteiger partial charge in [-0.25, -0.2) is 4.39 Å². The van der Waals surface area contributed by atoms with Gasteiger partial charge in [-0.15, -0.1) is 0 Å². The van der Waals surface area contributed by atoms with E-state index in [1.165, 1.54) is 4.68 Å². The summed E-state index contributed by atoms with van der Waals surface area (Å²) in [6.45, 7) is 1.06. The van der Waals surface area contributed by atoms with Crippen LogP contribution in [-0.4, -0.2) is 60.8 Å². The second-order valence-electron chi connectivity index (χ2n) is 9.12. The molecule has 0 radical (unpaired) electrons. The molecule has 0 atom stereocenters. The first kappa shape index (κ1) is 23.7. The van der Waals surface area contributed by atoms with Crippen LogP contribution in [0.25, 0.3) is 32.9 Å². The number of carboxylic acid groups (broad SMARTS) is 1. The van der Waals surface area contributed by atoms with E-state index in [1.807, 2.05) is 24.3 Å². The minimum Gasteiger partial charge on any atom is -0.481 e. The van der Waals surface area contributed by atoms with Crippen molar-refractivity contribution in [3.8, 4) is 11.1 Å². The number of rotatable bonds is 7. The van der Waals surface area contributed by atoms with Gasteiger partial charge in [0.2, 0.25) is 5.91 Å². The average molecular weight is 492 g/mol. The maximum atomic E-state index is 15.7. The number of aromatic nitrogens is 4. The molecule has 4 aromatic rings. The van der Waals surface area contributed by atoms with Gasteiger partial charge in [0.05, 0.1) is 30.4 Å². The van der Waals surface area contributed by atoms with Gasteiger partial charge < -0.3 is 14.8 Å². The van der Waals surface area contributed by atoms with Crippen LogP contribution >= 0.6 is 0 Å². The summed E-state index contributed by atoms with van der Waals surface area (Å²) in [7, 11) is 1.70. The number of carbonyl (C=O) groups excluding carboxylic acids is 2. The highest BCUT2D eigenvalue weighted by molar-refractivity contribution is 5.99. The molecule has 5 rings (SSSR count). The van der Waals surface area contributed by atoms with Crippen molar-refractivity contribution in [3.63, 3.8) is 0 Å². The van der Waals surface area contributed by atoms with E-state index in [2.05, 4.69) is 5.10 Å². The molecular formula is C26H26FN5O4. The van der Waals surface area contributed by atoms with E-state index in [0.717, 1.165) is 22.9 Å². The molecule has 0 spiro atoms. The van der Waals surface area contributed by atoms with Gasteiger partial charge in [0.25, 0.3) is 0 Å². The van der Waals surface area contributed by atoms with Crippen molar-refractivity contribution in [1.82, 2.24) is 24.5 Å². The highest BCUT2D eigenvalue weighted by Gasteiger charge is 2.29. The lowest BCUT2D eigenvalue weighted by molar-refractivity contribution is -0.141. The molecule has 0 unspecified atom stereocenters. The molecule has 186 valence electrons. The second-order valence-corrected chi connectivity index (χ2v) is 9.12. The van der Waals surface area contributed by atoms with Crippen LogP contribution in [0.2, 0.25) is 0 Å². The van der Waals surface area contributed by atoms with Gasteiger partial charge in [-0.05, 0) is 24.5 Å². The van der Waals surface area contributed by atoms with E-state index >= 15 is 4.39 Å². The van der Waals surface area contributed by atoms with Gasteiger partial charge in [-0.1, -0.05) is 24.3 Å². The number of nitrogens with zero attached hydrogens (tertiary/aromatic N) is 5. The standard InChI is InChI=1S/C26H26FN5O4/c1-30-26-17(15-28-30)5-6-19(24(26)27)18-3-2-4-20-23(18)25(29-32(20)13-14-33)16-9-11-31(12-10-16)21(34)7-8-22(35)36/h2-6,14-16H,7-13H2,1H3,(H,35,36). The molecule has 3 heterocycles. The number of aliphatic carboxylic acids is 1. The summed E-state index contributed by atoms with van der Waals surface area (Å²) in [4.78, 5) is 36.3. The smallest absolute Gasteiger partial charge is 0.303 e. The normalized spacial score (nSPS) is 14.6. The lowest BCUT2D eigenvalue weighted by Gasteiger charge is -2.31. The summed E-state index contributed by atoms with van der Waals surface area (Å²) >= 11 is 0. The zero-order chi connectivity index (χ0) is 25.4. The molecule has 0 aliphatic carbocycles. The number of aldehydes is 1. The third-order valence-corrected chi connectivity index (χ3v) is 6.97. The molecule has 1 fully saturated rings. The minimum atomic E-state index is -0.991. The van der Waals surface area contributed by atoms with Crippen molar-refractivity contribution < 1.29 is 23.9 Å². The van der Waals surface area contributed by atoms with E-state index in [4.69, 9.17) is 10.2 Å². The topological polar surface area (TPSA) is 110 Å². The van der Waals surface area contributed by atoms with Crippen LogP contribution in [0.5, 0.6) is 0 Å². The van der Waals surface area contributed by atoms with E-state index in [1.54, 1.807) is 28.9 Å². The summed E-state index contributed by atoms with van der Waals surface area (Å²) < 4.78 is 18.9. The molecule has 1 aliphatic heterocycles. The average Bonchev–Trinajstić information content (AvgIpc) is 3.44. The van der Waals surface area contributed by atoms with Crippen LogP contribution in [0.3, 0.4) is 0 Å². The van der Waals surface area contributed by atoms with Crippen LogP contribution in [0.4, 0.5) is 4.39 Å². The summed E-state index contributed by atoms with van der Waals surface area (Å²) in [5.41, 5.74) is 3.08. The zero-order valence-corrected chi connectivity index (χ0v) is 19.9. The number of amides is 1. The lowest BCUT2D eigenvalue weighted by Crippen LogP contribution is -2.38. The molecule has 1 N–H and O–H groups in total. The number of carboxylic acids is 1. The first-order chi connectivity index (χ1) is 17.4. The number of fused-ring (bicyclic) bond motifs is 2. The monoisotopic (exact) mass is 491 g/mol. The number of hydrogen-bond donors (Lipinski definition) is 1. The SMILES string of the molecule is Cn1ncc2ccc(-c3cccc4c3c(C3CCN(C(=O)CCC(=O)O)CC3)nn4CC=O)c(F)c21. The molecule has 0 bridgehead atoms. The Balaban J connectivity index is 1.54. The molecule has 36 heavy (non-hydrogen) atoms. The van der Waals surface area contributed by atoms with Crippen molar-refractivity contribution in [1.29, 1.82) is 0 Å². The van der Waals surface area contributed by atoms with Crippen LogP contribution < -0.4 is 0 Å². The number of piperidine rings is 1. The number of hydrogen-bond acceptors (Lipinski definition) is 5. The molecule has 1 saturated heterocycles. The van der Waals surface area contributed by atoms with Gasteiger partial charge in [0.15, 0.2) is 5.82 Å². The maximum Gasteiger partial charge on any atom is 0.303 e.